The number of amides is 2. The van der Waals surface area contributed by atoms with Crippen molar-refractivity contribution in [3.05, 3.63) is 35.4 Å². The minimum Gasteiger partial charge on any atom is -0.274 e. The Bertz CT molecular complexity index is 537. The number of imide groups is 1. The van der Waals surface area contributed by atoms with Crippen molar-refractivity contribution in [2.24, 2.45) is 10.8 Å². The molecular weight excluding hydrogens is 262 g/mol. The normalized spacial score (nSPS) is 15.6. The molecular formula is C18H25NO2. The van der Waals surface area contributed by atoms with E-state index < -0.39 is 0 Å². The summed E-state index contributed by atoms with van der Waals surface area (Å²) in [5.41, 5.74) is 1.19. The summed E-state index contributed by atoms with van der Waals surface area (Å²) in [5, 5.41) is 0. The molecule has 0 spiro atoms. The van der Waals surface area contributed by atoms with E-state index >= 15 is 0 Å². The molecule has 0 unspecified atom stereocenters. The van der Waals surface area contributed by atoms with E-state index in [-0.39, 0.29) is 22.6 Å². The molecule has 0 radical (unpaired) electrons. The largest absolute Gasteiger partial charge is 0.274 e. The Balaban J connectivity index is 2.18. The smallest absolute Gasteiger partial charge is 0.261 e. The molecule has 1 aliphatic heterocycles. The summed E-state index contributed by atoms with van der Waals surface area (Å²) in [6, 6.07) is 7.08. The predicted octanol–water partition coefficient (Wildman–Crippen LogP) is 4.14. The number of hydrogen-bond donors (Lipinski definition) is 0. The molecule has 0 aliphatic carbocycles. The SMILES string of the molecule is CCC(C)(C)CC(C)(C)CN1C(=O)c2ccccc2C1=O. The van der Waals surface area contributed by atoms with Gasteiger partial charge in [-0.15, -0.1) is 0 Å². The second-order valence-electron chi connectivity index (χ2n) is 7.60. The van der Waals surface area contributed by atoms with Gasteiger partial charge in [0.05, 0.1) is 11.1 Å². The van der Waals surface area contributed by atoms with Crippen LogP contribution in [-0.2, 0) is 0 Å². The fraction of sp³-hybridized carbons (Fsp3) is 0.556. The minimum atomic E-state index is -0.155. The maximum Gasteiger partial charge on any atom is 0.261 e. The summed E-state index contributed by atoms with van der Waals surface area (Å²) in [6.45, 7) is 11.4. The second-order valence-corrected chi connectivity index (χ2v) is 7.60. The first-order valence-corrected chi connectivity index (χ1v) is 7.62. The highest BCUT2D eigenvalue weighted by atomic mass is 16.2. The first-order chi connectivity index (χ1) is 9.67. The van der Waals surface area contributed by atoms with Gasteiger partial charge in [0, 0.05) is 6.54 Å². The standard InChI is InChI=1S/C18H25NO2/c1-6-17(2,3)11-18(4,5)12-19-15(20)13-9-7-8-10-14(13)16(19)21/h7-10H,6,11-12H2,1-5H3. The molecule has 2 amide bonds. The van der Waals surface area contributed by atoms with Crippen LogP contribution in [0.3, 0.4) is 0 Å². The maximum absolute atomic E-state index is 12.4. The van der Waals surface area contributed by atoms with Crippen LogP contribution in [0.2, 0.25) is 0 Å². The van der Waals surface area contributed by atoms with E-state index in [1.165, 1.54) is 4.90 Å². The fourth-order valence-corrected chi connectivity index (χ4v) is 3.29. The van der Waals surface area contributed by atoms with Gasteiger partial charge in [-0.3, -0.25) is 14.5 Å². The third-order valence-corrected chi connectivity index (χ3v) is 4.38. The van der Waals surface area contributed by atoms with E-state index in [4.69, 9.17) is 0 Å². The first kappa shape index (κ1) is 15.7. The Morgan fingerprint density at radius 2 is 1.38 bits per heavy atom. The van der Waals surface area contributed by atoms with E-state index in [0.29, 0.717) is 17.7 Å². The molecule has 1 aromatic rings. The van der Waals surface area contributed by atoms with Crippen molar-refractivity contribution in [3.8, 4) is 0 Å². The molecule has 0 bridgehead atoms. The van der Waals surface area contributed by atoms with Crippen molar-refractivity contribution >= 4 is 11.8 Å². The van der Waals surface area contributed by atoms with Gasteiger partial charge in [-0.1, -0.05) is 53.2 Å². The van der Waals surface area contributed by atoms with E-state index in [1.807, 2.05) is 0 Å². The highest BCUT2D eigenvalue weighted by Gasteiger charge is 2.39. The highest BCUT2D eigenvalue weighted by molar-refractivity contribution is 6.21. The summed E-state index contributed by atoms with van der Waals surface area (Å²) in [7, 11) is 0. The zero-order valence-corrected chi connectivity index (χ0v) is 13.7. The van der Waals surface area contributed by atoms with Gasteiger partial charge in [0.25, 0.3) is 11.8 Å². The number of carbonyl (C=O) groups is 2. The molecule has 21 heavy (non-hydrogen) atoms. The number of benzene rings is 1. The zero-order chi connectivity index (χ0) is 15.8. The lowest BCUT2D eigenvalue weighted by molar-refractivity contribution is 0.0545. The van der Waals surface area contributed by atoms with Gasteiger partial charge in [-0.05, 0) is 29.4 Å². The highest BCUT2D eigenvalue weighted by Crippen LogP contribution is 2.37. The van der Waals surface area contributed by atoms with Crippen LogP contribution in [0.1, 0.15) is 68.2 Å². The maximum atomic E-state index is 12.4. The molecule has 0 fully saturated rings. The zero-order valence-electron chi connectivity index (χ0n) is 13.7. The molecule has 0 saturated heterocycles. The van der Waals surface area contributed by atoms with Crippen molar-refractivity contribution in [2.75, 3.05) is 6.54 Å². The minimum absolute atomic E-state index is 0.0904. The van der Waals surface area contributed by atoms with E-state index in [2.05, 4.69) is 34.6 Å². The lowest BCUT2D eigenvalue weighted by atomic mass is 9.73. The molecule has 1 heterocycles. The number of fused-ring (bicyclic) bond motifs is 1. The quantitative estimate of drug-likeness (QED) is 0.763. The molecule has 2 rings (SSSR count). The average Bonchev–Trinajstić information content (AvgIpc) is 2.63. The third kappa shape index (κ3) is 3.17. The number of nitrogens with zero attached hydrogens (tertiary/aromatic N) is 1. The summed E-state index contributed by atoms with van der Waals surface area (Å²) in [5.74, 6) is -0.309. The van der Waals surface area contributed by atoms with Crippen LogP contribution in [0.4, 0.5) is 0 Å². The van der Waals surface area contributed by atoms with Crippen LogP contribution in [-0.4, -0.2) is 23.3 Å². The van der Waals surface area contributed by atoms with Crippen LogP contribution in [0.25, 0.3) is 0 Å². The molecule has 0 aromatic heterocycles. The van der Waals surface area contributed by atoms with Crippen molar-refractivity contribution in [1.29, 1.82) is 0 Å². The summed E-state index contributed by atoms with van der Waals surface area (Å²) >= 11 is 0. The number of rotatable bonds is 5. The monoisotopic (exact) mass is 287 g/mol. The molecule has 3 nitrogen and oxygen atoms in total. The van der Waals surface area contributed by atoms with Gasteiger partial charge < -0.3 is 0 Å². The summed E-state index contributed by atoms with van der Waals surface area (Å²) in [4.78, 5) is 26.3. The van der Waals surface area contributed by atoms with Crippen LogP contribution in [0.15, 0.2) is 24.3 Å². The van der Waals surface area contributed by atoms with E-state index in [1.54, 1.807) is 24.3 Å². The molecule has 114 valence electrons. The van der Waals surface area contributed by atoms with E-state index in [9.17, 15) is 9.59 Å². The summed E-state index contributed by atoms with van der Waals surface area (Å²) < 4.78 is 0. The Morgan fingerprint density at radius 1 is 0.905 bits per heavy atom. The van der Waals surface area contributed by atoms with Gasteiger partial charge in [0.15, 0.2) is 0 Å². The van der Waals surface area contributed by atoms with Crippen LogP contribution in [0, 0.1) is 10.8 Å². The number of hydrogen-bond acceptors (Lipinski definition) is 2. The molecule has 0 N–H and O–H groups in total. The lowest BCUT2D eigenvalue weighted by Crippen LogP contribution is -2.40. The Labute approximate surface area is 127 Å². The third-order valence-electron chi connectivity index (χ3n) is 4.38. The van der Waals surface area contributed by atoms with Crippen LogP contribution < -0.4 is 0 Å². The molecule has 1 aliphatic rings. The van der Waals surface area contributed by atoms with Gasteiger partial charge in [-0.2, -0.15) is 0 Å². The van der Waals surface area contributed by atoms with E-state index in [0.717, 1.165) is 12.8 Å². The Kier molecular flexibility index (Phi) is 3.96. The van der Waals surface area contributed by atoms with Gasteiger partial charge >= 0.3 is 0 Å². The van der Waals surface area contributed by atoms with Crippen LogP contribution >= 0.6 is 0 Å². The average molecular weight is 287 g/mol. The van der Waals surface area contributed by atoms with Gasteiger partial charge in [0.2, 0.25) is 0 Å². The molecule has 3 heteroatoms. The van der Waals surface area contributed by atoms with Crippen molar-refractivity contribution < 1.29 is 9.59 Å². The fourth-order valence-electron chi connectivity index (χ4n) is 3.29. The Hall–Kier alpha value is -1.64. The van der Waals surface area contributed by atoms with Crippen molar-refractivity contribution in [3.63, 3.8) is 0 Å². The molecule has 0 saturated carbocycles. The first-order valence-electron chi connectivity index (χ1n) is 7.62. The topological polar surface area (TPSA) is 37.4 Å². The van der Waals surface area contributed by atoms with Crippen LogP contribution in [0.5, 0.6) is 0 Å². The van der Waals surface area contributed by atoms with Gasteiger partial charge in [0.1, 0.15) is 0 Å². The van der Waals surface area contributed by atoms with Gasteiger partial charge in [-0.25, -0.2) is 0 Å². The van der Waals surface area contributed by atoms with Crippen molar-refractivity contribution in [1.82, 2.24) is 4.90 Å². The number of carbonyl (C=O) groups excluding carboxylic acids is 2. The Morgan fingerprint density at radius 3 is 1.81 bits per heavy atom. The second kappa shape index (κ2) is 5.28. The molecule has 1 aromatic carbocycles. The molecule has 0 atom stereocenters. The predicted molar refractivity (Wildman–Crippen MR) is 84.3 cm³/mol. The summed E-state index contributed by atoms with van der Waals surface area (Å²) in [6.07, 6.45) is 2.06. The van der Waals surface area contributed by atoms with Crippen molar-refractivity contribution in [2.45, 2.75) is 47.5 Å². The lowest BCUT2D eigenvalue weighted by Gasteiger charge is -2.36.